The molecule has 1 aromatic rings. The lowest BCUT2D eigenvalue weighted by molar-refractivity contribution is 0.107. The zero-order valence-corrected chi connectivity index (χ0v) is 15.9. The predicted octanol–water partition coefficient (Wildman–Crippen LogP) is 5.02. The number of carbonyl (C=O) groups excluding carboxylic acids is 1. The van der Waals surface area contributed by atoms with Crippen LogP contribution in [0.25, 0.3) is 0 Å². The molecule has 0 radical (unpaired) electrons. The molecular formula is C16H25BrN2O2S. The highest BCUT2D eigenvalue weighted by Gasteiger charge is 2.38. The van der Waals surface area contributed by atoms with Crippen LogP contribution in [0.15, 0.2) is 9.98 Å². The average Bonchev–Trinajstić information content (AvgIpc) is 2.88. The van der Waals surface area contributed by atoms with Gasteiger partial charge < -0.3 is 10.1 Å². The van der Waals surface area contributed by atoms with Crippen molar-refractivity contribution in [3.63, 3.8) is 0 Å². The van der Waals surface area contributed by atoms with Crippen LogP contribution >= 0.6 is 27.3 Å². The van der Waals surface area contributed by atoms with E-state index in [1.165, 1.54) is 5.01 Å². The van der Waals surface area contributed by atoms with Gasteiger partial charge in [-0.15, -0.1) is 11.3 Å². The molecule has 0 saturated heterocycles. The van der Waals surface area contributed by atoms with Crippen molar-refractivity contribution < 1.29 is 9.53 Å². The van der Waals surface area contributed by atoms with Crippen LogP contribution in [0.2, 0.25) is 0 Å². The number of halogens is 1. The van der Waals surface area contributed by atoms with Crippen LogP contribution in [-0.4, -0.2) is 23.2 Å². The summed E-state index contributed by atoms with van der Waals surface area (Å²) in [5.41, 5.74) is 0.186. The molecule has 1 aliphatic carbocycles. The molecule has 4 nitrogen and oxygen atoms in total. The smallest absolute Gasteiger partial charge is 0.407 e. The van der Waals surface area contributed by atoms with E-state index in [0.717, 1.165) is 42.3 Å². The Bertz CT molecular complexity index is 496. The number of hydrogen-bond acceptors (Lipinski definition) is 4. The molecule has 0 unspecified atom stereocenters. The predicted molar refractivity (Wildman–Crippen MR) is 93.4 cm³/mol. The van der Waals surface area contributed by atoms with Gasteiger partial charge in [0.1, 0.15) is 0 Å². The first kappa shape index (κ1) is 17.7. The Morgan fingerprint density at radius 2 is 2.23 bits per heavy atom. The normalized spacial score (nSPS) is 25.2. The van der Waals surface area contributed by atoms with Crippen molar-refractivity contribution in [3.8, 4) is 0 Å². The van der Waals surface area contributed by atoms with Gasteiger partial charge in [0.25, 0.3) is 0 Å². The summed E-state index contributed by atoms with van der Waals surface area (Å²) in [6.45, 7) is 5.97. The molecule has 1 aromatic heterocycles. The molecule has 1 amide bonds. The summed E-state index contributed by atoms with van der Waals surface area (Å²) in [6.07, 6.45) is 7.99. The summed E-state index contributed by atoms with van der Waals surface area (Å²) >= 11 is 5.27. The van der Waals surface area contributed by atoms with E-state index in [0.29, 0.717) is 0 Å². The molecule has 1 heterocycles. The Morgan fingerprint density at radius 1 is 1.55 bits per heavy atom. The molecule has 2 rings (SSSR count). The number of ether oxygens (including phenoxy) is 1. The van der Waals surface area contributed by atoms with E-state index in [9.17, 15) is 4.79 Å². The molecular weight excluding hydrogens is 364 g/mol. The van der Waals surface area contributed by atoms with E-state index < -0.39 is 0 Å². The van der Waals surface area contributed by atoms with Crippen molar-refractivity contribution >= 4 is 33.4 Å². The highest BCUT2D eigenvalue weighted by atomic mass is 79.9. The lowest BCUT2D eigenvalue weighted by atomic mass is 9.70. The summed E-state index contributed by atoms with van der Waals surface area (Å²) in [5.74, 6) is 0. The third-order valence-corrected chi connectivity index (χ3v) is 5.99. The molecule has 6 heteroatoms. The van der Waals surface area contributed by atoms with Crippen molar-refractivity contribution in [3.05, 3.63) is 15.0 Å². The molecule has 0 atom stereocenters. The van der Waals surface area contributed by atoms with E-state index in [-0.39, 0.29) is 23.7 Å². The molecule has 0 spiro atoms. The Hall–Kier alpha value is -0.620. The fourth-order valence-corrected chi connectivity index (χ4v) is 4.76. The number of aromatic nitrogens is 1. The van der Waals surface area contributed by atoms with Gasteiger partial charge in [-0.05, 0) is 61.9 Å². The average molecular weight is 389 g/mol. The fraction of sp³-hybridized carbons (Fsp3) is 0.750. The van der Waals surface area contributed by atoms with Gasteiger partial charge in [-0.3, -0.25) is 0 Å². The van der Waals surface area contributed by atoms with Gasteiger partial charge in [-0.1, -0.05) is 13.3 Å². The second-order valence-electron chi connectivity index (χ2n) is 6.37. The van der Waals surface area contributed by atoms with Gasteiger partial charge in [0.05, 0.1) is 21.1 Å². The van der Waals surface area contributed by atoms with E-state index in [2.05, 4.69) is 33.2 Å². The van der Waals surface area contributed by atoms with Crippen molar-refractivity contribution in [2.75, 3.05) is 0 Å². The topological polar surface area (TPSA) is 51.2 Å². The van der Waals surface area contributed by atoms with Crippen LogP contribution in [0.1, 0.15) is 64.3 Å². The molecule has 0 bridgehead atoms. The summed E-state index contributed by atoms with van der Waals surface area (Å²) in [4.78, 5) is 16.3. The van der Waals surface area contributed by atoms with Crippen LogP contribution in [0.4, 0.5) is 4.79 Å². The first-order valence-corrected chi connectivity index (χ1v) is 9.65. The monoisotopic (exact) mass is 388 g/mol. The van der Waals surface area contributed by atoms with Crippen LogP contribution in [0.5, 0.6) is 0 Å². The van der Waals surface area contributed by atoms with E-state index >= 15 is 0 Å². The number of carbonyl (C=O) groups is 1. The Morgan fingerprint density at radius 3 is 2.73 bits per heavy atom. The summed E-state index contributed by atoms with van der Waals surface area (Å²) in [6, 6.07) is 0.222. The highest BCUT2D eigenvalue weighted by molar-refractivity contribution is 9.11. The summed E-state index contributed by atoms with van der Waals surface area (Å²) in [7, 11) is 0. The third-order valence-electron chi connectivity index (χ3n) is 4.27. The number of amides is 1. The van der Waals surface area contributed by atoms with Crippen LogP contribution in [0, 0.1) is 0 Å². The SMILES string of the molecule is CCCC1(c2ncc(Br)s2)CCC(NC(=O)OC(C)C)CC1. The van der Waals surface area contributed by atoms with Gasteiger partial charge in [0, 0.05) is 11.5 Å². The van der Waals surface area contributed by atoms with E-state index in [1.807, 2.05) is 20.0 Å². The quantitative estimate of drug-likeness (QED) is 0.769. The summed E-state index contributed by atoms with van der Waals surface area (Å²) < 4.78 is 6.27. The minimum atomic E-state index is -0.292. The van der Waals surface area contributed by atoms with Crippen molar-refractivity contribution in [2.45, 2.75) is 76.9 Å². The van der Waals surface area contributed by atoms with Crippen LogP contribution in [-0.2, 0) is 10.2 Å². The highest BCUT2D eigenvalue weighted by Crippen LogP contribution is 2.45. The number of thiazole rings is 1. The van der Waals surface area contributed by atoms with E-state index in [1.54, 1.807) is 11.3 Å². The van der Waals surface area contributed by atoms with Crippen molar-refractivity contribution in [1.29, 1.82) is 0 Å². The van der Waals surface area contributed by atoms with Crippen LogP contribution < -0.4 is 5.32 Å². The molecule has 0 aromatic carbocycles. The third kappa shape index (κ3) is 4.44. The maximum absolute atomic E-state index is 11.7. The second kappa shape index (κ2) is 7.77. The Balaban J connectivity index is 1.97. The second-order valence-corrected chi connectivity index (χ2v) is 8.78. The van der Waals surface area contributed by atoms with Crippen molar-refractivity contribution in [2.24, 2.45) is 0 Å². The van der Waals surface area contributed by atoms with Gasteiger partial charge in [-0.25, -0.2) is 9.78 Å². The molecule has 0 aliphatic heterocycles. The largest absolute Gasteiger partial charge is 0.447 e. The fourth-order valence-electron chi connectivity index (χ4n) is 3.28. The maximum Gasteiger partial charge on any atom is 0.407 e. The zero-order valence-electron chi connectivity index (χ0n) is 13.5. The first-order chi connectivity index (χ1) is 10.4. The lowest BCUT2D eigenvalue weighted by Crippen LogP contribution is -2.42. The Kier molecular flexibility index (Phi) is 6.26. The molecule has 1 N–H and O–H groups in total. The number of nitrogens with zero attached hydrogens (tertiary/aromatic N) is 1. The van der Waals surface area contributed by atoms with Gasteiger partial charge >= 0.3 is 6.09 Å². The zero-order chi connectivity index (χ0) is 16.2. The summed E-state index contributed by atoms with van der Waals surface area (Å²) in [5, 5.41) is 4.24. The Labute approximate surface area is 145 Å². The van der Waals surface area contributed by atoms with Gasteiger partial charge in [0.15, 0.2) is 0 Å². The molecule has 124 valence electrons. The first-order valence-electron chi connectivity index (χ1n) is 8.04. The standard InChI is InChI=1S/C16H25BrN2O2S/c1-4-7-16(14-18-10-13(17)22-14)8-5-12(6-9-16)19-15(20)21-11(2)3/h10-12H,4-9H2,1-3H3,(H,19,20). The number of alkyl carbamates (subject to hydrolysis) is 1. The number of hydrogen-bond donors (Lipinski definition) is 1. The van der Waals surface area contributed by atoms with Crippen molar-refractivity contribution in [1.82, 2.24) is 10.3 Å². The van der Waals surface area contributed by atoms with Crippen LogP contribution in [0.3, 0.4) is 0 Å². The molecule has 1 saturated carbocycles. The minimum Gasteiger partial charge on any atom is -0.447 e. The minimum absolute atomic E-state index is 0.0737. The lowest BCUT2D eigenvalue weighted by Gasteiger charge is -2.39. The van der Waals surface area contributed by atoms with E-state index in [4.69, 9.17) is 4.74 Å². The van der Waals surface area contributed by atoms with Gasteiger partial charge in [-0.2, -0.15) is 0 Å². The number of rotatable bonds is 5. The molecule has 1 aliphatic rings. The molecule has 1 fully saturated rings. The molecule has 22 heavy (non-hydrogen) atoms. The number of nitrogens with one attached hydrogen (secondary N) is 1. The maximum atomic E-state index is 11.7. The van der Waals surface area contributed by atoms with Gasteiger partial charge in [0.2, 0.25) is 0 Å².